The first-order chi connectivity index (χ1) is 10.1. The number of nitrogens with one attached hydrogen (secondary N) is 1. The molecule has 11 heteroatoms. The molecule has 0 unspecified atom stereocenters. The van der Waals surface area contributed by atoms with Crippen LogP contribution in [0.25, 0.3) is 0 Å². The van der Waals surface area contributed by atoms with Gasteiger partial charge in [-0.2, -0.15) is 13.2 Å². The molecule has 1 N–H and O–H groups in total. The number of sulfonamides is 1. The van der Waals surface area contributed by atoms with Gasteiger partial charge in [0.1, 0.15) is 0 Å². The van der Waals surface area contributed by atoms with Gasteiger partial charge < -0.3 is 4.74 Å². The van der Waals surface area contributed by atoms with Crippen LogP contribution in [-0.4, -0.2) is 63.4 Å². The Kier molecular flexibility index (Phi) is 6.75. The molecule has 0 spiro atoms. The van der Waals surface area contributed by atoms with Crippen LogP contribution in [0.1, 0.15) is 19.3 Å². The maximum atomic E-state index is 11.9. The van der Waals surface area contributed by atoms with Crippen molar-refractivity contribution in [3.63, 3.8) is 0 Å². The fourth-order valence-corrected chi connectivity index (χ4v) is 2.76. The fourth-order valence-electron chi connectivity index (χ4n) is 1.72. The van der Waals surface area contributed by atoms with E-state index in [1.165, 1.54) is 0 Å². The van der Waals surface area contributed by atoms with Crippen LogP contribution in [0.15, 0.2) is 0 Å². The highest BCUT2D eigenvalue weighted by atomic mass is 32.2. The summed E-state index contributed by atoms with van der Waals surface area (Å²) >= 11 is 0. The Balaban J connectivity index is 2.12. The first-order valence-corrected chi connectivity index (χ1v) is 8.21. The number of likely N-dealkylation sites (tertiary alicyclic amines) is 1. The molecule has 0 bridgehead atoms. The highest BCUT2D eigenvalue weighted by molar-refractivity contribution is 7.89. The third-order valence-electron chi connectivity index (χ3n) is 2.84. The number of ether oxygens (including phenoxy) is 1. The van der Waals surface area contributed by atoms with Crippen LogP contribution in [0.5, 0.6) is 0 Å². The Bertz CT molecular complexity index is 490. The number of hydrogen-bond donors (Lipinski definition) is 1. The fraction of sp³-hybridized carbons (Fsp3) is 0.818. The average molecular weight is 346 g/mol. The lowest BCUT2D eigenvalue weighted by Gasteiger charge is -2.13. The van der Waals surface area contributed by atoms with E-state index in [0.717, 1.165) is 4.90 Å². The average Bonchev–Trinajstić information content (AvgIpc) is 2.71. The number of amides is 2. The quantitative estimate of drug-likeness (QED) is 0.469. The topological polar surface area (TPSA) is 92.8 Å². The minimum absolute atomic E-state index is 0.0434. The van der Waals surface area contributed by atoms with E-state index < -0.39 is 28.4 Å². The summed E-state index contributed by atoms with van der Waals surface area (Å²) in [6, 6.07) is 0. The molecule has 2 amide bonds. The van der Waals surface area contributed by atoms with Crippen LogP contribution >= 0.6 is 0 Å². The molecule has 7 nitrogen and oxygen atoms in total. The van der Waals surface area contributed by atoms with Gasteiger partial charge in [-0.1, -0.05) is 0 Å². The van der Waals surface area contributed by atoms with Crippen molar-refractivity contribution in [3.8, 4) is 0 Å². The van der Waals surface area contributed by atoms with Crippen LogP contribution < -0.4 is 4.72 Å². The molecule has 1 aliphatic rings. The van der Waals surface area contributed by atoms with E-state index in [1.54, 1.807) is 0 Å². The van der Waals surface area contributed by atoms with E-state index in [2.05, 4.69) is 0 Å². The minimum Gasteiger partial charge on any atom is -0.378 e. The second-order valence-corrected chi connectivity index (χ2v) is 6.56. The summed E-state index contributed by atoms with van der Waals surface area (Å²) < 4.78 is 65.2. The van der Waals surface area contributed by atoms with Gasteiger partial charge in [-0.25, -0.2) is 13.1 Å². The summed E-state index contributed by atoms with van der Waals surface area (Å²) in [5, 5.41) is 0. The molecule has 0 saturated carbocycles. The van der Waals surface area contributed by atoms with Gasteiger partial charge >= 0.3 is 6.18 Å². The SMILES string of the molecule is O=C1CCC(=O)N1CCOCCNS(=O)(=O)CCC(F)(F)F. The molecule has 0 atom stereocenters. The van der Waals surface area contributed by atoms with Crippen molar-refractivity contribution in [1.82, 2.24) is 9.62 Å². The molecule has 1 fully saturated rings. The van der Waals surface area contributed by atoms with Gasteiger partial charge in [-0.05, 0) is 0 Å². The van der Waals surface area contributed by atoms with Crippen LogP contribution in [0, 0.1) is 0 Å². The van der Waals surface area contributed by atoms with Crippen LogP contribution in [-0.2, 0) is 24.3 Å². The molecular weight excluding hydrogens is 329 g/mol. The van der Waals surface area contributed by atoms with Crippen molar-refractivity contribution < 1.29 is 35.9 Å². The molecule has 22 heavy (non-hydrogen) atoms. The standard InChI is InChI=1S/C11H17F3N2O5S/c12-11(13,14)3-8-22(19,20)15-4-6-21-7-5-16-9(17)1-2-10(16)18/h15H,1-8H2. The van der Waals surface area contributed by atoms with Crippen LogP contribution in [0.3, 0.4) is 0 Å². The Morgan fingerprint density at radius 1 is 1.14 bits per heavy atom. The van der Waals surface area contributed by atoms with Gasteiger partial charge in [-0.15, -0.1) is 0 Å². The third-order valence-corrected chi connectivity index (χ3v) is 4.22. The molecule has 0 aromatic carbocycles. The highest BCUT2D eigenvalue weighted by Crippen LogP contribution is 2.19. The van der Waals surface area contributed by atoms with Crippen molar-refractivity contribution in [2.24, 2.45) is 0 Å². The molecule has 0 aromatic rings. The zero-order chi connectivity index (χ0) is 16.8. The number of alkyl halides is 3. The van der Waals surface area contributed by atoms with E-state index in [1.807, 2.05) is 4.72 Å². The molecule has 1 aliphatic heterocycles. The summed E-state index contributed by atoms with van der Waals surface area (Å²) in [6.45, 7) is -0.121. The Morgan fingerprint density at radius 2 is 1.73 bits per heavy atom. The zero-order valence-corrected chi connectivity index (χ0v) is 12.5. The predicted octanol–water partition coefficient (Wildman–Crippen LogP) is 0.0238. The number of hydrogen-bond acceptors (Lipinski definition) is 5. The molecule has 0 aromatic heterocycles. The van der Waals surface area contributed by atoms with Crippen molar-refractivity contribution in [2.75, 3.05) is 32.1 Å². The van der Waals surface area contributed by atoms with Gasteiger partial charge in [0, 0.05) is 19.4 Å². The molecule has 1 saturated heterocycles. The second-order valence-electron chi connectivity index (χ2n) is 4.63. The number of rotatable bonds is 9. The molecular formula is C11H17F3N2O5S. The van der Waals surface area contributed by atoms with Crippen LogP contribution in [0.2, 0.25) is 0 Å². The number of carbonyl (C=O) groups is 2. The minimum atomic E-state index is -4.53. The lowest BCUT2D eigenvalue weighted by molar-refractivity contribution is -0.139. The van der Waals surface area contributed by atoms with E-state index in [9.17, 15) is 31.2 Å². The van der Waals surface area contributed by atoms with Gasteiger partial charge in [-0.3, -0.25) is 14.5 Å². The normalized spacial score (nSPS) is 16.6. The number of carbonyl (C=O) groups excluding carboxylic acids is 2. The number of nitrogens with zero attached hydrogens (tertiary/aromatic N) is 1. The molecule has 128 valence electrons. The van der Waals surface area contributed by atoms with Crippen molar-refractivity contribution in [3.05, 3.63) is 0 Å². The molecule has 0 aliphatic carbocycles. The molecule has 1 heterocycles. The Morgan fingerprint density at radius 3 is 2.27 bits per heavy atom. The van der Waals surface area contributed by atoms with Gasteiger partial charge in [0.25, 0.3) is 0 Å². The summed E-state index contributed by atoms with van der Waals surface area (Å²) in [6.07, 6.45) is -5.59. The monoisotopic (exact) mass is 346 g/mol. The summed E-state index contributed by atoms with van der Waals surface area (Å²) in [7, 11) is -4.00. The summed E-state index contributed by atoms with van der Waals surface area (Å²) in [4.78, 5) is 23.6. The maximum Gasteiger partial charge on any atom is 0.390 e. The first-order valence-electron chi connectivity index (χ1n) is 6.56. The molecule has 0 radical (unpaired) electrons. The summed E-state index contributed by atoms with van der Waals surface area (Å²) in [5.74, 6) is -1.59. The van der Waals surface area contributed by atoms with E-state index in [0.29, 0.717) is 0 Å². The lowest BCUT2D eigenvalue weighted by Crippen LogP contribution is -2.34. The Hall–Kier alpha value is -1.20. The number of halogens is 3. The second kappa shape index (κ2) is 7.88. The van der Waals surface area contributed by atoms with E-state index in [-0.39, 0.29) is 51.0 Å². The number of imide groups is 1. The third kappa shape index (κ3) is 7.18. The van der Waals surface area contributed by atoms with Crippen molar-refractivity contribution in [2.45, 2.75) is 25.4 Å². The van der Waals surface area contributed by atoms with Gasteiger partial charge in [0.2, 0.25) is 21.8 Å². The highest BCUT2D eigenvalue weighted by Gasteiger charge is 2.30. The van der Waals surface area contributed by atoms with Crippen LogP contribution in [0.4, 0.5) is 13.2 Å². The van der Waals surface area contributed by atoms with Gasteiger partial charge in [0.05, 0.1) is 31.9 Å². The Labute approximate surface area is 125 Å². The summed E-state index contributed by atoms with van der Waals surface area (Å²) in [5.41, 5.74) is 0. The first kappa shape index (κ1) is 18.8. The largest absolute Gasteiger partial charge is 0.390 e. The van der Waals surface area contributed by atoms with Gasteiger partial charge in [0.15, 0.2) is 0 Å². The van der Waals surface area contributed by atoms with Crippen molar-refractivity contribution in [1.29, 1.82) is 0 Å². The zero-order valence-electron chi connectivity index (χ0n) is 11.7. The smallest absolute Gasteiger partial charge is 0.378 e. The van der Waals surface area contributed by atoms with E-state index in [4.69, 9.17) is 4.74 Å². The van der Waals surface area contributed by atoms with E-state index >= 15 is 0 Å². The predicted molar refractivity (Wildman–Crippen MR) is 69.2 cm³/mol. The molecule has 1 rings (SSSR count). The lowest BCUT2D eigenvalue weighted by atomic mass is 10.4. The van der Waals surface area contributed by atoms with Crippen molar-refractivity contribution >= 4 is 21.8 Å². The maximum absolute atomic E-state index is 11.9.